The molecule has 2 aromatic rings. The molecule has 5 heteroatoms. The molecule has 0 radical (unpaired) electrons. The molecule has 1 heterocycles. The molecule has 0 spiro atoms. The number of aliphatic imine (C=N–C) groups is 1. The first kappa shape index (κ1) is 19.9. The molecular formula is C22H24Cl2N2O. The maximum Gasteiger partial charge on any atom is 0.275 e. The molecule has 0 fully saturated rings. The number of nitrogens with zero attached hydrogens (tertiary/aromatic N) is 2. The lowest BCUT2D eigenvalue weighted by molar-refractivity contribution is -0.131. The topological polar surface area (TPSA) is 32.7 Å². The summed E-state index contributed by atoms with van der Waals surface area (Å²) in [4.78, 5) is 20.1. The number of aryl methyl sites for hydroxylation is 1. The second-order valence-corrected chi connectivity index (χ2v) is 8.76. The predicted molar refractivity (Wildman–Crippen MR) is 113 cm³/mol. The Morgan fingerprint density at radius 1 is 1.00 bits per heavy atom. The van der Waals surface area contributed by atoms with E-state index in [-0.39, 0.29) is 17.9 Å². The zero-order valence-corrected chi connectivity index (χ0v) is 17.8. The van der Waals surface area contributed by atoms with Crippen LogP contribution >= 0.6 is 23.2 Å². The fourth-order valence-corrected chi connectivity index (χ4v) is 4.20. The third-order valence-corrected chi connectivity index (χ3v) is 5.30. The van der Waals surface area contributed by atoms with Gasteiger partial charge in [0, 0.05) is 15.6 Å². The van der Waals surface area contributed by atoms with Gasteiger partial charge in [0.05, 0.1) is 6.04 Å². The SMILES string of the molecule is Cc1ccc(C(C(C)C)N2C(=O)C(c3cc(Cl)cc(Cl)c3)=NC2(C)C)cc1. The van der Waals surface area contributed by atoms with Gasteiger partial charge in [-0.25, -0.2) is 0 Å². The molecule has 0 N–H and O–H groups in total. The van der Waals surface area contributed by atoms with E-state index in [0.29, 0.717) is 21.3 Å². The average molecular weight is 403 g/mol. The molecule has 3 rings (SSSR count). The van der Waals surface area contributed by atoms with Crippen molar-refractivity contribution in [3.05, 3.63) is 69.2 Å². The highest BCUT2D eigenvalue weighted by molar-refractivity contribution is 6.47. The molecule has 2 aromatic carbocycles. The molecule has 1 amide bonds. The van der Waals surface area contributed by atoms with Gasteiger partial charge in [-0.2, -0.15) is 0 Å². The molecule has 1 unspecified atom stereocenters. The van der Waals surface area contributed by atoms with Gasteiger partial charge in [-0.3, -0.25) is 9.79 Å². The predicted octanol–water partition coefficient (Wildman–Crippen LogP) is 6.07. The lowest BCUT2D eigenvalue weighted by Gasteiger charge is -2.39. The first-order chi connectivity index (χ1) is 12.6. The summed E-state index contributed by atoms with van der Waals surface area (Å²) in [6, 6.07) is 13.4. The van der Waals surface area contributed by atoms with E-state index in [4.69, 9.17) is 28.2 Å². The molecular weight excluding hydrogens is 379 g/mol. The Morgan fingerprint density at radius 3 is 2.07 bits per heavy atom. The van der Waals surface area contributed by atoms with Crippen LogP contribution in [-0.4, -0.2) is 22.2 Å². The van der Waals surface area contributed by atoms with Crippen LogP contribution in [0.5, 0.6) is 0 Å². The maximum atomic E-state index is 13.4. The number of hydrogen-bond donors (Lipinski definition) is 0. The van der Waals surface area contributed by atoms with Crippen LogP contribution < -0.4 is 0 Å². The molecule has 0 aromatic heterocycles. The Morgan fingerprint density at radius 2 is 1.56 bits per heavy atom. The van der Waals surface area contributed by atoms with Crippen LogP contribution in [0.2, 0.25) is 10.0 Å². The van der Waals surface area contributed by atoms with Gasteiger partial charge in [0.2, 0.25) is 0 Å². The molecule has 0 saturated carbocycles. The highest BCUT2D eigenvalue weighted by Crippen LogP contribution is 2.39. The third kappa shape index (κ3) is 3.90. The molecule has 0 aliphatic carbocycles. The van der Waals surface area contributed by atoms with Crippen molar-refractivity contribution in [3.8, 4) is 0 Å². The zero-order valence-electron chi connectivity index (χ0n) is 16.3. The Bertz CT molecular complexity index is 881. The Hall–Kier alpha value is -1.84. The van der Waals surface area contributed by atoms with E-state index in [1.54, 1.807) is 18.2 Å². The summed E-state index contributed by atoms with van der Waals surface area (Å²) < 4.78 is 0. The Balaban J connectivity index is 2.05. The first-order valence-electron chi connectivity index (χ1n) is 9.06. The number of amides is 1. The number of carbonyl (C=O) groups is 1. The largest absolute Gasteiger partial charge is 0.306 e. The first-order valence-corrected chi connectivity index (χ1v) is 9.82. The van der Waals surface area contributed by atoms with Crippen molar-refractivity contribution in [2.75, 3.05) is 0 Å². The third-order valence-electron chi connectivity index (χ3n) is 4.86. The Labute approximate surface area is 171 Å². The van der Waals surface area contributed by atoms with Gasteiger partial charge in [-0.15, -0.1) is 0 Å². The van der Waals surface area contributed by atoms with Gasteiger partial charge in [-0.1, -0.05) is 66.9 Å². The molecule has 0 saturated heterocycles. The standard InChI is InChI=1S/C22H24Cl2N2O/c1-13(2)20(15-8-6-14(3)7-9-15)26-21(27)19(25-22(26,4)5)16-10-17(23)12-18(24)11-16/h6-13,20H,1-5H3. The van der Waals surface area contributed by atoms with Gasteiger partial charge in [-0.05, 0) is 50.5 Å². The molecule has 1 aliphatic rings. The minimum Gasteiger partial charge on any atom is -0.306 e. The minimum atomic E-state index is -0.666. The fraction of sp³-hybridized carbons (Fsp3) is 0.364. The summed E-state index contributed by atoms with van der Waals surface area (Å²) in [5.74, 6) is 0.131. The van der Waals surface area contributed by atoms with Crippen LogP contribution in [0.4, 0.5) is 0 Å². The second-order valence-electron chi connectivity index (χ2n) is 7.89. The van der Waals surface area contributed by atoms with E-state index >= 15 is 0 Å². The van der Waals surface area contributed by atoms with E-state index < -0.39 is 5.66 Å². The van der Waals surface area contributed by atoms with Gasteiger partial charge < -0.3 is 4.90 Å². The number of halogens is 2. The van der Waals surface area contributed by atoms with E-state index in [1.165, 1.54) is 5.56 Å². The van der Waals surface area contributed by atoms with E-state index in [9.17, 15) is 4.79 Å². The van der Waals surface area contributed by atoms with E-state index in [2.05, 4.69) is 45.0 Å². The lowest BCUT2D eigenvalue weighted by atomic mass is 9.91. The van der Waals surface area contributed by atoms with Crippen molar-refractivity contribution in [3.63, 3.8) is 0 Å². The normalized spacial score (nSPS) is 17.4. The second kappa shape index (κ2) is 7.29. The summed E-state index contributed by atoms with van der Waals surface area (Å²) in [5.41, 5.74) is 2.69. The average Bonchev–Trinajstić information content (AvgIpc) is 2.79. The van der Waals surface area contributed by atoms with Crippen molar-refractivity contribution in [2.24, 2.45) is 10.9 Å². The van der Waals surface area contributed by atoms with Crippen molar-refractivity contribution >= 4 is 34.8 Å². The van der Waals surface area contributed by atoms with Gasteiger partial charge >= 0.3 is 0 Å². The Kier molecular flexibility index (Phi) is 5.38. The van der Waals surface area contributed by atoms with Crippen LogP contribution in [0.3, 0.4) is 0 Å². The van der Waals surface area contributed by atoms with Crippen molar-refractivity contribution < 1.29 is 4.79 Å². The van der Waals surface area contributed by atoms with Gasteiger partial charge in [0.1, 0.15) is 11.4 Å². The highest BCUT2D eigenvalue weighted by atomic mass is 35.5. The maximum absolute atomic E-state index is 13.4. The van der Waals surface area contributed by atoms with Crippen LogP contribution in [0, 0.1) is 12.8 Å². The lowest BCUT2D eigenvalue weighted by Crippen LogP contribution is -2.46. The van der Waals surface area contributed by atoms with Crippen LogP contribution in [0.15, 0.2) is 47.5 Å². The van der Waals surface area contributed by atoms with E-state index in [0.717, 1.165) is 5.56 Å². The van der Waals surface area contributed by atoms with Gasteiger partial charge in [0.25, 0.3) is 5.91 Å². The molecule has 1 aliphatic heterocycles. The van der Waals surface area contributed by atoms with E-state index in [1.807, 2.05) is 18.7 Å². The molecule has 1 atom stereocenters. The van der Waals surface area contributed by atoms with Crippen molar-refractivity contribution in [1.29, 1.82) is 0 Å². The molecule has 0 bridgehead atoms. The van der Waals surface area contributed by atoms with Crippen LogP contribution in [0.1, 0.15) is 50.4 Å². The summed E-state index contributed by atoms with van der Waals surface area (Å²) >= 11 is 12.3. The fourth-order valence-electron chi connectivity index (χ4n) is 3.68. The van der Waals surface area contributed by atoms with Crippen molar-refractivity contribution in [2.45, 2.75) is 46.3 Å². The number of rotatable bonds is 4. The van der Waals surface area contributed by atoms with Gasteiger partial charge in [0.15, 0.2) is 0 Å². The summed E-state index contributed by atoms with van der Waals surface area (Å²) in [7, 11) is 0. The minimum absolute atomic E-state index is 0.0796. The monoisotopic (exact) mass is 402 g/mol. The smallest absolute Gasteiger partial charge is 0.275 e. The summed E-state index contributed by atoms with van der Waals surface area (Å²) in [6.45, 7) is 10.2. The molecule has 27 heavy (non-hydrogen) atoms. The highest BCUT2D eigenvalue weighted by Gasteiger charge is 2.45. The molecule has 142 valence electrons. The zero-order chi connectivity index (χ0) is 19.9. The summed E-state index contributed by atoms with van der Waals surface area (Å²) in [5, 5.41) is 0.978. The van der Waals surface area contributed by atoms with Crippen LogP contribution in [-0.2, 0) is 4.79 Å². The quantitative estimate of drug-likeness (QED) is 0.610. The van der Waals surface area contributed by atoms with Crippen molar-refractivity contribution in [1.82, 2.24) is 4.90 Å². The molecule has 3 nitrogen and oxygen atoms in total. The number of benzene rings is 2. The number of hydrogen-bond acceptors (Lipinski definition) is 2. The number of carbonyl (C=O) groups excluding carboxylic acids is 1. The summed E-state index contributed by atoms with van der Waals surface area (Å²) in [6.07, 6.45) is 0. The van der Waals surface area contributed by atoms with Crippen LogP contribution in [0.25, 0.3) is 0 Å².